The van der Waals surface area contributed by atoms with Crippen molar-refractivity contribution in [1.82, 2.24) is 0 Å². The molecular weight excluding hydrogens is 302 g/mol. The summed E-state index contributed by atoms with van der Waals surface area (Å²) in [4.78, 5) is 0. The number of nitrogens with two attached hydrogens (primary N) is 1. The van der Waals surface area contributed by atoms with Crippen molar-refractivity contribution in [3.05, 3.63) is 89.6 Å². The van der Waals surface area contributed by atoms with Crippen molar-refractivity contribution in [2.45, 2.75) is 19.4 Å². The van der Waals surface area contributed by atoms with Gasteiger partial charge in [0.1, 0.15) is 12.0 Å². The summed E-state index contributed by atoms with van der Waals surface area (Å²) in [6.07, 6.45) is 5.11. The molecule has 2 aromatic rings. The third kappa shape index (κ3) is 4.15. The van der Waals surface area contributed by atoms with Gasteiger partial charge < -0.3 is 10.1 Å². The maximum absolute atomic E-state index is 5.71. The van der Waals surface area contributed by atoms with Gasteiger partial charge in [0.25, 0.3) is 0 Å². The summed E-state index contributed by atoms with van der Waals surface area (Å²) in [5.74, 6) is 0.825. The summed E-state index contributed by atoms with van der Waals surface area (Å²) >= 11 is 5.34. The van der Waals surface area contributed by atoms with E-state index in [2.05, 4.69) is 42.7 Å². The highest BCUT2D eigenvalue weighted by Gasteiger charge is 2.20. The van der Waals surface area contributed by atoms with Gasteiger partial charge in [0.15, 0.2) is 0 Å². The van der Waals surface area contributed by atoms with Crippen molar-refractivity contribution < 1.29 is 10.1 Å². The van der Waals surface area contributed by atoms with Crippen molar-refractivity contribution in [3.8, 4) is 0 Å². The van der Waals surface area contributed by atoms with Crippen LogP contribution in [0, 0.1) is 0 Å². The van der Waals surface area contributed by atoms with Crippen LogP contribution >= 0.6 is 12.2 Å². The maximum atomic E-state index is 5.71. The number of hydrogen-bond acceptors (Lipinski definition) is 2. The standard InChI is InChI=1S/C20H19NOS/c1-15(12-16-8-4-2-5-9-16)21-14-18-13-19(22-20(18)23)17-10-6-3-7-11-17/h2-11,13-15,21H,12H2,1H3/p+1/b18-14-/t15-/m1/s1. The Morgan fingerprint density at radius 3 is 2.39 bits per heavy atom. The van der Waals surface area contributed by atoms with E-state index in [9.17, 15) is 0 Å². The first-order chi connectivity index (χ1) is 11.2. The Morgan fingerprint density at radius 2 is 1.70 bits per heavy atom. The van der Waals surface area contributed by atoms with Crippen molar-refractivity contribution >= 4 is 23.0 Å². The van der Waals surface area contributed by atoms with Gasteiger partial charge in [-0.25, -0.2) is 0 Å². The topological polar surface area (TPSA) is 25.8 Å². The van der Waals surface area contributed by atoms with E-state index >= 15 is 0 Å². The van der Waals surface area contributed by atoms with Crippen molar-refractivity contribution in [2.24, 2.45) is 0 Å². The molecule has 0 amide bonds. The molecule has 1 heterocycles. The van der Waals surface area contributed by atoms with E-state index in [1.165, 1.54) is 5.56 Å². The lowest BCUT2D eigenvalue weighted by Crippen LogP contribution is -2.84. The zero-order valence-corrected chi connectivity index (χ0v) is 13.9. The summed E-state index contributed by atoms with van der Waals surface area (Å²) in [6, 6.07) is 21.0. The quantitative estimate of drug-likeness (QED) is 0.674. The summed E-state index contributed by atoms with van der Waals surface area (Å²) in [5, 5.41) is 2.75. The third-order valence-electron chi connectivity index (χ3n) is 3.79. The van der Waals surface area contributed by atoms with Gasteiger partial charge >= 0.3 is 0 Å². The zero-order valence-electron chi connectivity index (χ0n) is 13.1. The largest absolute Gasteiger partial charge is 0.444 e. The molecule has 2 nitrogen and oxygen atoms in total. The van der Waals surface area contributed by atoms with Gasteiger partial charge in [0.05, 0.1) is 11.6 Å². The monoisotopic (exact) mass is 322 g/mol. The van der Waals surface area contributed by atoms with Gasteiger partial charge in [-0.1, -0.05) is 60.7 Å². The average molecular weight is 322 g/mol. The second kappa shape index (κ2) is 7.36. The van der Waals surface area contributed by atoms with Crippen LogP contribution in [0.2, 0.25) is 0 Å². The number of benzene rings is 2. The number of ether oxygens (including phenoxy) is 1. The summed E-state index contributed by atoms with van der Waals surface area (Å²) in [7, 11) is 0. The molecule has 1 aliphatic rings. The summed E-state index contributed by atoms with van der Waals surface area (Å²) in [6.45, 7) is 2.21. The van der Waals surface area contributed by atoms with Gasteiger partial charge in [-0.2, -0.15) is 0 Å². The van der Waals surface area contributed by atoms with Gasteiger partial charge in [0.2, 0.25) is 5.05 Å². The molecule has 2 N–H and O–H groups in total. The molecule has 3 rings (SSSR count). The Kier molecular flexibility index (Phi) is 5.01. The molecule has 0 aliphatic carbocycles. The molecule has 2 aromatic carbocycles. The molecular formula is C20H20NOS+. The Morgan fingerprint density at radius 1 is 1.04 bits per heavy atom. The van der Waals surface area contributed by atoms with E-state index < -0.39 is 0 Å². The van der Waals surface area contributed by atoms with Crippen LogP contribution in [0.3, 0.4) is 0 Å². The molecule has 0 saturated heterocycles. The molecule has 0 bridgehead atoms. The van der Waals surface area contributed by atoms with Crippen LogP contribution in [0.15, 0.2) is 78.5 Å². The zero-order chi connectivity index (χ0) is 16.1. The number of quaternary nitrogens is 1. The highest BCUT2D eigenvalue weighted by Crippen LogP contribution is 2.26. The molecule has 0 saturated carbocycles. The number of hydrogen-bond donors (Lipinski definition) is 1. The average Bonchev–Trinajstić information content (AvgIpc) is 2.96. The minimum absolute atomic E-state index is 0.446. The predicted molar refractivity (Wildman–Crippen MR) is 97.7 cm³/mol. The minimum Gasteiger partial charge on any atom is -0.444 e. The smallest absolute Gasteiger partial charge is 0.203 e. The van der Waals surface area contributed by atoms with Crippen molar-refractivity contribution in [3.63, 3.8) is 0 Å². The lowest BCUT2D eigenvalue weighted by Gasteiger charge is -2.07. The van der Waals surface area contributed by atoms with Crippen LogP contribution in [0.4, 0.5) is 0 Å². The first-order valence-electron chi connectivity index (χ1n) is 7.81. The van der Waals surface area contributed by atoms with Crippen LogP contribution in [-0.4, -0.2) is 11.1 Å². The van der Waals surface area contributed by atoms with Crippen molar-refractivity contribution in [1.29, 1.82) is 0 Å². The van der Waals surface area contributed by atoms with E-state index in [0.29, 0.717) is 11.1 Å². The lowest BCUT2D eigenvalue weighted by atomic mass is 10.1. The molecule has 1 atom stereocenters. The fraction of sp³-hybridized carbons (Fsp3) is 0.150. The van der Waals surface area contributed by atoms with E-state index in [1.54, 1.807) is 0 Å². The van der Waals surface area contributed by atoms with E-state index in [0.717, 1.165) is 23.3 Å². The fourth-order valence-corrected chi connectivity index (χ4v) is 2.79. The maximum Gasteiger partial charge on any atom is 0.203 e. The molecule has 0 aromatic heterocycles. The Hall–Kier alpha value is -2.23. The molecule has 116 valence electrons. The molecule has 1 aliphatic heterocycles. The second-order valence-corrected chi connectivity index (χ2v) is 6.12. The van der Waals surface area contributed by atoms with Gasteiger partial charge in [-0.15, -0.1) is 0 Å². The van der Waals surface area contributed by atoms with Crippen LogP contribution in [0.25, 0.3) is 5.76 Å². The highest BCUT2D eigenvalue weighted by molar-refractivity contribution is 7.80. The predicted octanol–water partition coefficient (Wildman–Crippen LogP) is 3.46. The van der Waals surface area contributed by atoms with Crippen LogP contribution in [-0.2, 0) is 11.2 Å². The number of rotatable bonds is 5. The molecule has 3 heteroatoms. The first kappa shape index (κ1) is 15.7. The van der Waals surface area contributed by atoms with Crippen LogP contribution in [0.5, 0.6) is 0 Å². The molecule has 0 unspecified atom stereocenters. The SMILES string of the molecule is C[C@H](Cc1ccccc1)[NH2+]/C=C1/C=C(c2ccccc2)OC1=S. The molecule has 0 radical (unpaired) electrons. The Labute approximate surface area is 142 Å². The third-order valence-corrected chi connectivity index (χ3v) is 4.11. The Balaban J connectivity index is 1.65. The van der Waals surface area contributed by atoms with Crippen LogP contribution < -0.4 is 5.32 Å². The minimum atomic E-state index is 0.446. The van der Waals surface area contributed by atoms with Gasteiger partial charge in [-0.05, 0) is 30.8 Å². The van der Waals surface area contributed by atoms with E-state index in [1.807, 2.05) is 42.5 Å². The number of thiocarbonyl (C=S) groups is 1. The summed E-state index contributed by atoms with van der Waals surface area (Å²) in [5.41, 5.74) is 3.37. The van der Waals surface area contributed by atoms with E-state index in [4.69, 9.17) is 17.0 Å². The molecule has 23 heavy (non-hydrogen) atoms. The summed E-state index contributed by atoms with van der Waals surface area (Å²) < 4.78 is 5.71. The second-order valence-electron chi connectivity index (χ2n) is 5.75. The van der Waals surface area contributed by atoms with Gasteiger partial charge in [-0.3, -0.25) is 0 Å². The molecule has 0 spiro atoms. The van der Waals surface area contributed by atoms with Gasteiger partial charge in [0, 0.05) is 12.0 Å². The highest BCUT2D eigenvalue weighted by atomic mass is 32.1. The van der Waals surface area contributed by atoms with Crippen LogP contribution in [0.1, 0.15) is 18.1 Å². The lowest BCUT2D eigenvalue weighted by molar-refractivity contribution is -0.622. The Bertz CT molecular complexity index is 735. The van der Waals surface area contributed by atoms with E-state index in [-0.39, 0.29) is 0 Å². The normalized spacial score (nSPS) is 17.0. The van der Waals surface area contributed by atoms with Crippen molar-refractivity contribution in [2.75, 3.05) is 0 Å². The fourth-order valence-electron chi connectivity index (χ4n) is 2.57. The molecule has 0 fully saturated rings. The first-order valence-corrected chi connectivity index (χ1v) is 8.21.